The monoisotopic (exact) mass is 473 g/mol. The Kier molecular flexibility index (Phi) is 5.12. The molecule has 0 N–H and O–H groups in total. The van der Waals surface area contributed by atoms with Crippen LogP contribution in [-0.2, 0) is 4.57 Å². The van der Waals surface area contributed by atoms with Crippen molar-refractivity contribution in [3.63, 3.8) is 0 Å². The number of hydrogen-bond donors (Lipinski definition) is 0. The number of pyridine rings is 2. The Hall–Kier alpha value is -4.01. The summed E-state index contributed by atoms with van der Waals surface area (Å²) in [6.07, 6.45) is 3.55. The molecule has 1 atom stereocenters. The number of fused-ring (bicyclic) bond motifs is 3. The minimum atomic E-state index is -2.81. The molecule has 0 aliphatic rings. The topological polar surface area (TPSA) is 47.8 Å². The maximum Gasteiger partial charge on any atom is 0.157 e. The molecule has 0 radical (unpaired) electrons. The van der Waals surface area contributed by atoms with Crippen molar-refractivity contribution < 1.29 is 4.57 Å². The molecule has 0 saturated carbocycles. The van der Waals surface area contributed by atoms with Crippen LogP contribution >= 0.6 is 7.14 Å². The summed E-state index contributed by atoms with van der Waals surface area (Å²) >= 11 is 0. The summed E-state index contributed by atoms with van der Waals surface area (Å²) < 4.78 is 16.0. The average molecular weight is 474 g/mol. The summed E-state index contributed by atoms with van der Waals surface area (Å²) in [4.78, 5) is 9.06. The first-order chi connectivity index (χ1) is 17.0. The Labute approximate surface area is 204 Å². The van der Waals surface area contributed by atoms with Gasteiger partial charge in [0.25, 0.3) is 0 Å². The van der Waals surface area contributed by atoms with Gasteiger partial charge in [-0.25, -0.2) is 4.98 Å². The molecule has 3 aromatic heterocycles. The smallest absolute Gasteiger partial charge is 0.157 e. The highest BCUT2D eigenvalue weighted by Gasteiger charge is 2.23. The number of para-hydroxylation sites is 1. The van der Waals surface area contributed by atoms with Gasteiger partial charge in [0.15, 0.2) is 7.14 Å². The lowest BCUT2D eigenvalue weighted by molar-refractivity contribution is 0.590. The number of nitrogens with zero attached hydrogens (tertiary/aromatic N) is 3. The van der Waals surface area contributed by atoms with Gasteiger partial charge < -0.3 is 4.57 Å². The molecule has 0 bridgehead atoms. The summed E-state index contributed by atoms with van der Waals surface area (Å²) in [5.41, 5.74) is 6.10. The van der Waals surface area contributed by atoms with E-state index in [4.69, 9.17) is 0 Å². The third kappa shape index (κ3) is 3.67. The van der Waals surface area contributed by atoms with Crippen LogP contribution in [0, 0.1) is 6.92 Å². The van der Waals surface area contributed by atoms with Crippen molar-refractivity contribution in [1.29, 1.82) is 0 Å². The van der Waals surface area contributed by atoms with E-state index in [0.717, 1.165) is 38.8 Å². The second kappa shape index (κ2) is 8.33. The Morgan fingerprint density at radius 1 is 0.686 bits per heavy atom. The van der Waals surface area contributed by atoms with Gasteiger partial charge in [-0.2, -0.15) is 0 Å². The summed E-state index contributed by atoms with van der Waals surface area (Å²) in [6.45, 7) is 3.87. The van der Waals surface area contributed by atoms with Gasteiger partial charge >= 0.3 is 0 Å². The largest absolute Gasteiger partial charge is 0.312 e. The first kappa shape index (κ1) is 21.5. The molecule has 6 aromatic rings. The third-order valence-corrected chi connectivity index (χ3v) is 8.97. The van der Waals surface area contributed by atoms with Gasteiger partial charge in [0.2, 0.25) is 0 Å². The second-order valence-electron chi connectivity index (χ2n) is 8.94. The summed E-state index contributed by atoms with van der Waals surface area (Å²) in [5, 5.41) is 3.17. The van der Waals surface area contributed by atoms with Gasteiger partial charge in [-0.1, -0.05) is 54.6 Å². The van der Waals surface area contributed by atoms with E-state index in [2.05, 4.69) is 76.1 Å². The molecule has 5 heteroatoms. The second-order valence-corrected chi connectivity index (χ2v) is 11.8. The van der Waals surface area contributed by atoms with E-state index in [1.165, 1.54) is 10.8 Å². The van der Waals surface area contributed by atoms with Crippen molar-refractivity contribution in [2.45, 2.75) is 6.92 Å². The molecular weight excluding hydrogens is 449 g/mol. The SMILES string of the molecule is Cc1ccnc(-n2c3ccccc3c3ccc(-c4cccc(P(C)(=O)c5ccccn5)c4)cc32)c1. The van der Waals surface area contributed by atoms with Crippen LogP contribution in [0.5, 0.6) is 0 Å². The quantitative estimate of drug-likeness (QED) is 0.275. The van der Waals surface area contributed by atoms with E-state index < -0.39 is 7.14 Å². The minimum Gasteiger partial charge on any atom is -0.312 e. The van der Waals surface area contributed by atoms with Gasteiger partial charge in [-0.05, 0) is 72.7 Å². The fraction of sp³-hybridized carbons (Fsp3) is 0.0667. The van der Waals surface area contributed by atoms with Crippen LogP contribution in [0.15, 0.2) is 109 Å². The molecule has 0 saturated heterocycles. The molecule has 4 nitrogen and oxygen atoms in total. The van der Waals surface area contributed by atoms with Gasteiger partial charge in [0.05, 0.1) is 11.0 Å². The zero-order chi connectivity index (χ0) is 24.0. The van der Waals surface area contributed by atoms with Crippen LogP contribution < -0.4 is 10.7 Å². The molecule has 0 aliphatic heterocycles. The highest BCUT2D eigenvalue weighted by atomic mass is 31.2. The van der Waals surface area contributed by atoms with Crippen LogP contribution in [-0.4, -0.2) is 21.2 Å². The summed E-state index contributed by atoms with van der Waals surface area (Å²) in [5.74, 6) is 0.898. The van der Waals surface area contributed by atoms with E-state index in [9.17, 15) is 4.57 Å². The standard InChI is InChI=1S/C30H24N3OP/c1-21-15-17-31-29(18-21)33-27-11-4-3-10-25(27)26-14-13-23(20-28(26)33)22-8-7-9-24(19-22)35(2,34)30-12-5-6-16-32-30/h3-20H,1-2H3. The molecule has 0 amide bonds. The Morgan fingerprint density at radius 2 is 1.49 bits per heavy atom. The average Bonchev–Trinajstić information content (AvgIpc) is 3.23. The zero-order valence-corrected chi connectivity index (χ0v) is 20.5. The molecule has 3 heterocycles. The molecular formula is C30H24N3OP. The van der Waals surface area contributed by atoms with Crippen LogP contribution in [0.25, 0.3) is 38.8 Å². The first-order valence-electron chi connectivity index (χ1n) is 11.6. The van der Waals surface area contributed by atoms with E-state index in [1.807, 2.05) is 48.7 Å². The molecule has 170 valence electrons. The van der Waals surface area contributed by atoms with Crippen molar-refractivity contribution in [2.75, 3.05) is 6.66 Å². The summed E-state index contributed by atoms with van der Waals surface area (Å²) in [7, 11) is -2.81. The Morgan fingerprint density at radius 3 is 2.31 bits per heavy atom. The third-order valence-electron chi connectivity index (χ3n) is 6.56. The highest BCUT2D eigenvalue weighted by Crippen LogP contribution is 2.39. The predicted molar refractivity (Wildman–Crippen MR) is 146 cm³/mol. The van der Waals surface area contributed by atoms with Crippen LogP contribution in [0.1, 0.15) is 5.56 Å². The number of aryl methyl sites for hydroxylation is 1. The van der Waals surface area contributed by atoms with Crippen molar-refractivity contribution >= 4 is 39.7 Å². The van der Waals surface area contributed by atoms with E-state index in [1.54, 1.807) is 12.9 Å². The minimum absolute atomic E-state index is 0.623. The normalized spacial score (nSPS) is 13.2. The summed E-state index contributed by atoms with van der Waals surface area (Å²) in [6, 6.07) is 32.7. The van der Waals surface area contributed by atoms with Crippen molar-refractivity contribution in [3.8, 4) is 16.9 Å². The number of hydrogen-bond acceptors (Lipinski definition) is 3. The maximum absolute atomic E-state index is 13.7. The van der Waals surface area contributed by atoms with E-state index in [0.29, 0.717) is 5.44 Å². The van der Waals surface area contributed by atoms with Gasteiger partial charge in [0, 0.05) is 28.5 Å². The molecule has 0 spiro atoms. The Bertz CT molecular complexity index is 1750. The number of aromatic nitrogens is 3. The van der Waals surface area contributed by atoms with Crippen LogP contribution in [0.3, 0.4) is 0 Å². The molecule has 0 fully saturated rings. The molecule has 35 heavy (non-hydrogen) atoms. The fourth-order valence-electron chi connectivity index (χ4n) is 4.73. The lowest BCUT2D eigenvalue weighted by Gasteiger charge is -2.14. The first-order valence-corrected chi connectivity index (χ1v) is 13.7. The van der Waals surface area contributed by atoms with E-state index >= 15 is 0 Å². The van der Waals surface area contributed by atoms with Crippen LogP contribution in [0.2, 0.25) is 0 Å². The van der Waals surface area contributed by atoms with Gasteiger partial charge in [-0.15, -0.1) is 0 Å². The fourth-order valence-corrected chi connectivity index (χ4v) is 6.41. The van der Waals surface area contributed by atoms with Crippen LogP contribution in [0.4, 0.5) is 0 Å². The lowest BCUT2D eigenvalue weighted by atomic mass is 10.0. The predicted octanol–water partition coefficient (Wildman–Crippen LogP) is 6.49. The zero-order valence-electron chi connectivity index (χ0n) is 19.6. The molecule has 3 aromatic carbocycles. The van der Waals surface area contributed by atoms with Gasteiger partial charge in [-0.3, -0.25) is 9.55 Å². The highest BCUT2D eigenvalue weighted by molar-refractivity contribution is 7.77. The van der Waals surface area contributed by atoms with Crippen molar-refractivity contribution in [2.24, 2.45) is 0 Å². The van der Waals surface area contributed by atoms with Crippen molar-refractivity contribution in [1.82, 2.24) is 14.5 Å². The molecule has 6 rings (SSSR count). The number of benzene rings is 3. The lowest BCUT2D eigenvalue weighted by Crippen LogP contribution is -2.17. The van der Waals surface area contributed by atoms with E-state index in [-0.39, 0.29) is 0 Å². The molecule has 0 aliphatic carbocycles. The van der Waals surface area contributed by atoms with Gasteiger partial charge in [0.1, 0.15) is 11.3 Å². The number of rotatable bonds is 4. The maximum atomic E-state index is 13.7. The molecule has 1 unspecified atom stereocenters. The Balaban J connectivity index is 1.55. The van der Waals surface area contributed by atoms with Crippen molar-refractivity contribution in [3.05, 3.63) is 115 Å².